The molecule has 0 saturated carbocycles. The second-order valence-electron chi connectivity index (χ2n) is 9.62. The number of pyridine rings is 1. The Morgan fingerprint density at radius 1 is 1.08 bits per heavy atom. The molecule has 37 heavy (non-hydrogen) atoms. The molecule has 1 fully saturated rings. The minimum atomic E-state index is -0.617. The van der Waals surface area contributed by atoms with E-state index in [0.29, 0.717) is 18.5 Å². The second kappa shape index (κ2) is 13.0. The maximum Gasteiger partial charge on any atom is 0.414 e. The molecule has 1 N–H and O–H groups in total. The summed E-state index contributed by atoms with van der Waals surface area (Å²) in [5, 5.41) is 2.76. The molecule has 2 amide bonds. The first-order chi connectivity index (χ1) is 17.7. The summed E-state index contributed by atoms with van der Waals surface area (Å²) in [5.74, 6) is -1.55. The molecule has 2 aromatic rings. The van der Waals surface area contributed by atoms with Crippen molar-refractivity contribution in [1.82, 2.24) is 10.2 Å². The van der Waals surface area contributed by atoms with Gasteiger partial charge in [-0.3, -0.25) is 14.4 Å². The van der Waals surface area contributed by atoms with Crippen LogP contribution in [0.2, 0.25) is 0 Å². The molecule has 2 heterocycles. The number of carbonyl (C=O) groups is 4. The molecule has 3 unspecified atom stereocenters. The zero-order valence-corrected chi connectivity index (χ0v) is 21.9. The molecule has 198 valence electrons. The summed E-state index contributed by atoms with van der Waals surface area (Å²) in [6.07, 6.45) is 5.06. The smallest absolute Gasteiger partial charge is 0.414 e. The highest BCUT2D eigenvalue weighted by Gasteiger charge is 2.39. The van der Waals surface area contributed by atoms with Gasteiger partial charge in [0.05, 0.1) is 19.2 Å². The Kier molecular flexibility index (Phi) is 9.77. The predicted octanol–water partition coefficient (Wildman–Crippen LogP) is 3.22. The Labute approximate surface area is 217 Å². The highest BCUT2D eigenvalue weighted by Crippen LogP contribution is 2.32. The van der Waals surface area contributed by atoms with Crippen LogP contribution < -0.4 is 9.88 Å². The van der Waals surface area contributed by atoms with Crippen molar-refractivity contribution in [3.63, 3.8) is 0 Å². The Hall–Kier alpha value is -3.75. The van der Waals surface area contributed by atoms with Gasteiger partial charge in [0.2, 0.25) is 0 Å². The first-order valence-corrected chi connectivity index (χ1v) is 12.6. The van der Waals surface area contributed by atoms with Crippen molar-refractivity contribution in [2.75, 3.05) is 13.7 Å². The van der Waals surface area contributed by atoms with Crippen LogP contribution in [0.15, 0.2) is 54.9 Å². The predicted molar refractivity (Wildman–Crippen MR) is 135 cm³/mol. The number of esters is 1. The van der Waals surface area contributed by atoms with Gasteiger partial charge in [-0.2, -0.15) is 4.57 Å². The largest absolute Gasteiger partial charge is 0.468 e. The molecule has 1 aromatic heterocycles. The van der Waals surface area contributed by atoms with Crippen LogP contribution in [0.1, 0.15) is 61.9 Å². The zero-order chi connectivity index (χ0) is 26.9. The fraction of sp³-hybridized carbons (Fsp3) is 0.464. The van der Waals surface area contributed by atoms with Gasteiger partial charge in [0.25, 0.3) is 12.6 Å². The monoisotopic (exact) mass is 510 g/mol. The lowest BCUT2D eigenvalue weighted by molar-refractivity contribution is -0.727. The van der Waals surface area contributed by atoms with E-state index in [1.807, 2.05) is 44.2 Å². The number of hydrogen-bond donors (Lipinski definition) is 1. The van der Waals surface area contributed by atoms with Gasteiger partial charge in [0.15, 0.2) is 18.2 Å². The fourth-order valence-corrected chi connectivity index (χ4v) is 4.74. The highest BCUT2D eigenvalue weighted by molar-refractivity contribution is 5.97. The molecule has 0 spiro atoms. The van der Waals surface area contributed by atoms with Crippen LogP contribution in [0.25, 0.3) is 0 Å². The summed E-state index contributed by atoms with van der Waals surface area (Å²) in [4.78, 5) is 52.1. The van der Waals surface area contributed by atoms with E-state index in [9.17, 15) is 19.2 Å². The van der Waals surface area contributed by atoms with Crippen LogP contribution in [-0.4, -0.2) is 54.4 Å². The molecule has 3 rings (SSSR count). The standard InChI is InChI=1S/C28H35N3O6/c1-19(2)25(20(3)32)29-26(33)22-13-10-15-30(17-22)18-37-28(35)31-16-9-8-14-23(31)24(27(34)36-4)21-11-6-5-7-12-21/h5-7,10-13,15,17,19,23-25H,8-9,14,16,18H2,1-4H3/p+1. The quantitative estimate of drug-likeness (QED) is 0.410. The number of aromatic nitrogens is 1. The maximum atomic E-state index is 13.2. The van der Waals surface area contributed by atoms with Gasteiger partial charge in [-0.05, 0) is 43.7 Å². The van der Waals surface area contributed by atoms with E-state index in [4.69, 9.17) is 9.47 Å². The number of ether oxygens (including phenoxy) is 2. The van der Waals surface area contributed by atoms with Gasteiger partial charge >= 0.3 is 12.1 Å². The molecule has 0 bridgehead atoms. The Morgan fingerprint density at radius 3 is 2.46 bits per heavy atom. The minimum absolute atomic E-state index is 0.0413. The number of benzene rings is 1. The average molecular weight is 511 g/mol. The number of Topliss-reactive ketones (excluding diaryl/α,β-unsaturated/α-hetero) is 1. The maximum absolute atomic E-state index is 13.2. The third-order valence-electron chi connectivity index (χ3n) is 6.63. The lowest BCUT2D eigenvalue weighted by Crippen LogP contribution is -2.50. The van der Waals surface area contributed by atoms with E-state index in [1.54, 1.807) is 34.0 Å². The average Bonchev–Trinajstić information content (AvgIpc) is 2.91. The number of ketones is 1. The lowest BCUT2D eigenvalue weighted by atomic mass is 9.85. The van der Waals surface area contributed by atoms with Crippen molar-refractivity contribution in [3.8, 4) is 0 Å². The van der Waals surface area contributed by atoms with Crippen LogP contribution in [0.4, 0.5) is 4.79 Å². The number of rotatable bonds is 9. The third-order valence-corrected chi connectivity index (χ3v) is 6.63. The Bertz CT molecular complexity index is 1100. The summed E-state index contributed by atoms with van der Waals surface area (Å²) in [6.45, 7) is 5.54. The topological polar surface area (TPSA) is 106 Å². The molecule has 1 aliphatic heterocycles. The Balaban J connectivity index is 1.71. The van der Waals surface area contributed by atoms with Crippen LogP contribution in [0.5, 0.6) is 0 Å². The summed E-state index contributed by atoms with van der Waals surface area (Å²) in [7, 11) is 1.35. The summed E-state index contributed by atoms with van der Waals surface area (Å²) >= 11 is 0. The normalized spacial score (nSPS) is 17.0. The number of piperidine rings is 1. The number of hydrogen-bond acceptors (Lipinski definition) is 6. The molecular weight excluding hydrogens is 474 g/mol. The van der Waals surface area contributed by atoms with Crippen molar-refractivity contribution < 1.29 is 33.2 Å². The van der Waals surface area contributed by atoms with E-state index < -0.39 is 30.1 Å². The molecule has 9 nitrogen and oxygen atoms in total. The van der Waals surface area contributed by atoms with Crippen molar-refractivity contribution >= 4 is 23.8 Å². The van der Waals surface area contributed by atoms with Gasteiger partial charge in [0, 0.05) is 12.6 Å². The van der Waals surface area contributed by atoms with E-state index in [-0.39, 0.29) is 24.3 Å². The van der Waals surface area contributed by atoms with E-state index >= 15 is 0 Å². The Morgan fingerprint density at radius 2 is 1.81 bits per heavy atom. The summed E-state index contributed by atoms with van der Waals surface area (Å²) in [5.41, 5.74) is 1.13. The van der Waals surface area contributed by atoms with E-state index in [2.05, 4.69) is 5.32 Å². The number of nitrogens with zero attached hydrogens (tertiary/aromatic N) is 2. The summed E-state index contributed by atoms with van der Waals surface area (Å²) < 4.78 is 12.3. The van der Waals surface area contributed by atoms with Crippen molar-refractivity contribution in [2.24, 2.45) is 5.92 Å². The minimum Gasteiger partial charge on any atom is -0.468 e. The van der Waals surface area contributed by atoms with Gasteiger partial charge in [-0.25, -0.2) is 4.79 Å². The van der Waals surface area contributed by atoms with Crippen LogP contribution in [0.3, 0.4) is 0 Å². The van der Waals surface area contributed by atoms with Gasteiger partial charge in [-0.15, -0.1) is 0 Å². The first-order valence-electron chi connectivity index (χ1n) is 12.6. The van der Waals surface area contributed by atoms with Crippen molar-refractivity contribution in [2.45, 2.75) is 64.8 Å². The highest BCUT2D eigenvalue weighted by atomic mass is 16.6. The van der Waals surface area contributed by atoms with Crippen LogP contribution in [-0.2, 0) is 25.8 Å². The SMILES string of the molecule is COC(=O)C(c1ccccc1)C1CCCCN1C(=O)OC[n+]1cccc(C(=O)NC(C(C)=O)C(C)C)c1. The van der Waals surface area contributed by atoms with Gasteiger partial charge in [0.1, 0.15) is 11.5 Å². The third kappa shape index (κ3) is 7.15. The summed E-state index contributed by atoms with van der Waals surface area (Å²) in [6, 6.07) is 11.6. The fourth-order valence-electron chi connectivity index (χ4n) is 4.74. The van der Waals surface area contributed by atoms with Crippen molar-refractivity contribution in [3.05, 3.63) is 66.0 Å². The molecule has 1 aromatic carbocycles. The number of carbonyl (C=O) groups excluding carboxylic acids is 4. The van der Waals surface area contributed by atoms with Crippen LogP contribution >= 0.6 is 0 Å². The molecule has 9 heteroatoms. The lowest BCUT2D eigenvalue weighted by Gasteiger charge is -2.38. The van der Waals surface area contributed by atoms with Crippen molar-refractivity contribution in [1.29, 1.82) is 0 Å². The molecule has 0 aliphatic carbocycles. The zero-order valence-electron chi connectivity index (χ0n) is 21.9. The van der Waals surface area contributed by atoms with E-state index in [0.717, 1.165) is 18.4 Å². The first kappa shape index (κ1) is 27.8. The van der Waals surface area contributed by atoms with Crippen LogP contribution in [0, 0.1) is 5.92 Å². The molecule has 0 radical (unpaired) electrons. The number of nitrogens with one attached hydrogen (secondary N) is 1. The number of methoxy groups -OCH3 is 1. The van der Waals surface area contributed by atoms with E-state index in [1.165, 1.54) is 14.0 Å². The van der Waals surface area contributed by atoms with Gasteiger partial charge in [-0.1, -0.05) is 44.2 Å². The second-order valence-corrected chi connectivity index (χ2v) is 9.62. The number of likely N-dealkylation sites (tertiary alicyclic amines) is 1. The molecule has 1 aliphatic rings. The van der Waals surface area contributed by atoms with Gasteiger partial charge < -0.3 is 19.7 Å². The number of amides is 2. The molecule has 3 atom stereocenters. The molecular formula is C28H36N3O6+. The molecule has 1 saturated heterocycles.